The second-order valence-electron chi connectivity index (χ2n) is 5.29. The SMILES string of the molecule is Nc1cccc2c1CN(CC(=O)NCCCC(=O)O)CC2. The lowest BCUT2D eigenvalue weighted by Gasteiger charge is -2.29. The first-order valence-electron chi connectivity index (χ1n) is 7.13. The molecule has 21 heavy (non-hydrogen) atoms. The quantitative estimate of drug-likeness (QED) is 0.527. The van der Waals surface area contributed by atoms with E-state index in [4.69, 9.17) is 10.8 Å². The fourth-order valence-electron chi connectivity index (χ4n) is 2.52. The highest BCUT2D eigenvalue weighted by molar-refractivity contribution is 5.78. The number of aliphatic carboxylic acids is 1. The van der Waals surface area contributed by atoms with Gasteiger partial charge in [-0.15, -0.1) is 0 Å². The van der Waals surface area contributed by atoms with E-state index in [0.717, 1.165) is 24.2 Å². The fraction of sp³-hybridized carbons (Fsp3) is 0.467. The predicted molar refractivity (Wildman–Crippen MR) is 79.7 cm³/mol. The summed E-state index contributed by atoms with van der Waals surface area (Å²) < 4.78 is 0. The van der Waals surface area contributed by atoms with Gasteiger partial charge in [0.1, 0.15) is 0 Å². The first-order chi connectivity index (χ1) is 10.1. The number of anilines is 1. The largest absolute Gasteiger partial charge is 0.481 e. The summed E-state index contributed by atoms with van der Waals surface area (Å²) in [4.78, 5) is 24.3. The van der Waals surface area contributed by atoms with Gasteiger partial charge < -0.3 is 16.2 Å². The van der Waals surface area contributed by atoms with Crippen molar-refractivity contribution in [1.29, 1.82) is 0 Å². The number of hydrogen-bond acceptors (Lipinski definition) is 4. The number of nitrogen functional groups attached to an aromatic ring is 1. The van der Waals surface area contributed by atoms with Crippen molar-refractivity contribution < 1.29 is 14.7 Å². The van der Waals surface area contributed by atoms with Crippen LogP contribution in [0.1, 0.15) is 24.0 Å². The molecule has 6 nitrogen and oxygen atoms in total. The molecule has 1 aliphatic heterocycles. The highest BCUT2D eigenvalue weighted by Crippen LogP contribution is 2.23. The molecule has 0 atom stereocenters. The summed E-state index contributed by atoms with van der Waals surface area (Å²) in [6, 6.07) is 5.92. The Kier molecular flexibility index (Phi) is 5.16. The van der Waals surface area contributed by atoms with Crippen molar-refractivity contribution in [3.8, 4) is 0 Å². The Hall–Kier alpha value is -2.08. The second kappa shape index (κ2) is 7.08. The molecule has 0 unspecified atom stereocenters. The summed E-state index contributed by atoms with van der Waals surface area (Å²) in [7, 11) is 0. The van der Waals surface area contributed by atoms with Crippen LogP contribution in [0.2, 0.25) is 0 Å². The lowest BCUT2D eigenvalue weighted by atomic mass is 9.98. The van der Waals surface area contributed by atoms with Gasteiger partial charge in [0.05, 0.1) is 6.54 Å². The van der Waals surface area contributed by atoms with E-state index in [1.807, 2.05) is 12.1 Å². The zero-order valence-electron chi connectivity index (χ0n) is 12.0. The third kappa shape index (κ3) is 4.46. The second-order valence-corrected chi connectivity index (χ2v) is 5.29. The van der Waals surface area contributed by atoms with Crippen molar-refractivity contribution in [3.63, 3.8) is 0 Å². The van der Waals surface area contributed by atoms with Crippen molar-refractivity contribution in [2.24, 2.45) is 0 Å². The van der Waals surface area contributed by atoms with Crippen LogP contribution in [-0.2, 0) is 22.6 Å². The Bertz CT molecular complexity index is 531. The van der Waals surface area contributed by atoms with E-state index in [1.54, 1.807) is 0 Å². The van der Waals surface area contributed by atoms with Crippen LogP contribution in [0, 0.1) is 0 Å². The number of fused-ring (bicyclic) bond motifs is 1. The first kappa shape index (κ1) is 15.3. The van der Waals surface area contributed by atoms with Gasteiger partial charge in [-0.25, -0.2) is 0 Å². The van der Waals surface area contributed by atoms with E-state index in [-0.39, 0.29) is 12.3 Å². The fourth-order valence-corrected chi connectivity index (χ4v) is 2.52. The number of carboxylic acid groups (broad SMARTS) is 1. The van der Waals surface area contributed by atoms with Crippen LogP contribution in [0.3, 0.4) is 0 Å². The molecule has 0 aromatic heterocycles. The molecule has 0 aliphatic carbocycles. The van der Waals surface area contributed by atoms with Crippen molar-refractivity contribution in [2.75, 3.05) is 25.4 Å². The molecule has 0 saturated heterocycles. The predicted octanol–water partition coefficient (Wildman–Crippen LogP) is 0.608. The Morgan fingerprint density at radius 1 is 1.38 bits per heavy atom. The van der Waals surface area contributed by atoms with Gasteiger partial charge in [-0.1, -0.05) is 12.1 Å². The maximum atomic E-state index is 11.8. The zero-order chi connectivity index (χ0) is 15.2. The van der Waals surface area contributed by atoms with Crippen LogP contribution in [0.5, 0.6) is 0 Å². The minimum absolute atomic E-state index is 0.0710. The minimum atomic E-state index is -0.840. The van der Waals surface area contributed by atoms with E-state index in [9.17, 15) is 9.59 Å². The number of nitrogens with two attached hydrogens (primary N) is 1. The van der Waals surface area contributed by atoms with Gasteiger partial charge in [0, 0.05) is 31.7 Å². The molecule has 114 valence electrons. The molecule has 4 N–H and O–H groups in total. The summed E-state index contributed by atoms with van der Waals surface area (Å²) in [6.07, 6.45) is 1.43. The number of carboxylic acids is 1. The zero-order valence-corrected chi connectivity index (χ0v) is 12.0. The standard InChI is InChI=1S/C15H21N3O3/c16-13-4-1-3-11-6-8-18(9-12(11)13)10-14(19)17-7-2-5-15(20)21/h1,3-4H,2,5-10,16H2,(H,17,19)(H,20,21). The average molecular weight is 291 g/mol. The van der Waals surface area contributed by atoms with Gasteiger partial charge in [-0.2, -0.15) is 0 Å². The number of carbonyl (C=O) groups excluding carboxylic acids is 1. The molecule has 2 rings (SSSR count). The molecule has 1 aliphatic rings. The summed E-state index contributed by atoms with van der Waals surface area (Å²) in [5.41, 5.74) is 9.13. The van der Waals surface area contributed by atoms with Crippen molar-refractivity contribution in [3.05, 3.63) is 29.3 Å². The molecule has 0 radical (unpaired) electrons. The van der Waals surface area contributed by atoms with Crippen LogP contribution in [0.4, 0.5) is 5.69 Å². The van der Waals surface area contributed by atoms with E-state index >= 15 is 0 Å². The lowest BCUT2D eigenvalue weighted by molar-refractivity contribution is -0.137. The Morgan fingerprint density at radius 2 is 2.19 bits per heavy atom. The molecule has 1 heterocycles. The summed E-state index contributed by atoms with van der Waals surface area (Å²) in [5.74, 6) is -0.911. The third-order valence-electron chi connectivity index (χ3n) is 3.65. The van der Waals surface area contributed by atoms with E-state index in [1.165, 1.54) is 5.56 Å². The number of nitrogens with one attached hydrogen (secondary N) is 1. The molecular formula is C15H21N3O3. The molecule has 1 amide bonds. The van der Waals surface area contributed by atoms with Crippen LogP contribution in [0.25, 0.3) is 0 Å². The Labute approximate surface area is 123 Å². The lowest BCUT2D eigenvalue weighted by Crippen LogP contribution is -2.40. The van der Waals surface area contributed by atoms with Crippen LogP contribution in [0.15, 0.2) is 18.2 Å². The molecule has 0 bridgehead atoms. The first-order valence-corrected chi connectivity index (χ1v) is 7.13. The van der Waals surface area contributed by atoms with E-state index in [0.29, 0.717) is 26.1 Å². The Balaban J connectivity index is 1.78. The number of nitrogens with zero attached hydrogens (tertiary/aromatic N) is 1. The van der Waals surface area contributed by atoms with Crippen LogP contribution < -0.4 is 11.1 Å². The van der Waals surface area contributed by atoms with Gasteiger partial charge >= 0.3 is 5.97 Å². The van der Waals surface area contributed by atoms with E-state index < -0.39 is 5.97 Å². The molecule has 0 saturated carbocycles. The third-order valence-corrected chi connectivity index (χ3v) is 3.65. The molecule has 0 spiro atoms. The van der Waals surface area contributed by atoms with Gasteiger partial charge in [-0.05, 0) is 30.0 Å². The van der Waals surface area contributed by atoms with Gasteiger partial charge in [-0.3, -0.25) is 14.5 Å². The van der Waals surface area contributed by atoms with Crippen LogP contribution >= 0.6 is 0 Å². The van der Waals surface area contributed by atoms with Crippen molar-refractivity contribution >= 4 is 17.6 Å². The van der Waals surface area contributed by atoms with Gasteiger partial charge in [0.25, 0.3) is 0 Å². The summed E-state index contributed by atoms with van der Waals surface area (Å²) in [5, 5.41) is 11.3. The number of carbonyl (C=O) groups is 2. The molecular weight excluding hydrogens is 270 g/mol. The minimum Gasteiger partial charge on any atom is -0.481 e. The van der Waals surface area contributed by atoms with Crippen molar-refractivity contribution in [1.82, 2.24) is 10.2 Å². The summed E-state index contributed by atoms with van der Waals surface area (Å²) >= 11 is 0. The topological polar surface area (TPSA) is 95.7 Å². The molecule has 1 aromatic carbocycles. The van der Waals surface area contributed by atoms with Crippen LogP contribution in [-0.4, -0.2) is 41.5 Å². The average Bonchev–Trinajstić information content (AvgIpc) is 2.44. The highest BCUT2D eigenvalue weighted by Gasteiger charge is 2.19. The Morgan fingerprint density at radius 3 is 2.95 bits per heavy atom. The van der Waals surface area contributed by atoms with E-state index in [2.05, 4.69) is 16.3 Å². The van der Waals surface area contributed by atoms with Crippen molar-refractivity contribution in [2.45, 2.75) is 25.8 Å². The maximum absolute atomic E-state index is 11.8. The van der Waals surface area contributed by atoms with Gasteiger partial charge in [0.15, 0.2) is 0 Å². The normalized spacial score (nSPS) is 14.5. The maximum Gasteiger partial charge on any atom is 0.303 e. The molecule has 6 heteroatoms. The number of benzene rings is 1. The number of rotatable bonds is 6. The molecule has 0 fully saturated rings. The van der Waals surface area contributed by atoms with Gasteiger partial charge in [0.2, 0.25) is 5.91 Å². The number of amides is 1. The monoisotopic (exact) mass is 291 g/mol. The summed E-state index contributed by atoms with van der Waals surface area (Å²) in [6.45, 7) is 2.24. The highest BCUT2D eigenvalue weighted by atomic mass is 16.4. The smallest absolute Gasteiger partial charge is 0.303 e. The number of hydrogen-bond donors (Lipinski definition) is 3. The molecule has 1 aromatic rings.